The SMILES string of the molecule is CCOCCN1CN(CCOCC)CN(CCOCC)C1. The molecule has 0 saturated carbocycles. The third-order valence-electron chi connectivity index (χ3n) is 3.47. The van der Waals surface area contributed by atoms with Crippen molar-refractivity contribution in [2.75, 3.05) is 79.3 Å². The first kappa shape index (κ1) is 18.8. The van der Waals surface area contributed by atoms with E-state index in [2.05, 4.69) is 14.7 Å². The Bertz CT molecular complexity index is 200. The summed E-state index contributed by atoms with van der Waals surface area (Å²) in [6, 6.07) is 0. The van der Waals surface area contributed by atoms with Gasteiger partial charge in [0.1, 0.15) is 0 Å². The minimum absolute atomic E-state index is 0.788. The summed E-state index contributed by atoms with van der Waals surface area (Å²) in [5.41, 5.74) is 0. The Morgan fingerprint density at radius 3 is 1.10 bits per heavy atom. The second-order valence-electron chi connectivity index (χ2n) is 5.20. The van der Waals surface area contributed by atoms with E-state index in [0.29, 0.717) is 0 Å². The highest BCUT2D eigenvalue weighted by Gasteiger charge is 2.22. The van der Waals surface area contributed by atoms with Crippen molar-refractivity contribution in [1.29, 1.82) is 0 Å². The molecule has 6 heteroatoms. The summed E-state index contributed by atoms with van der Waals surface area (Å²) in [6.45, 7) is 16.8. The maximum Gasteiger partial charge on any atom is 0.0594 e. The Balaban J connectivity index is 2.35. The molecule has 0 N–H and O–H groups in total. The van der Waals surface area contributed by atoms with Crippen LogP contribution in [0.1, 0.15) is 20.8 Å². The van der Waals surface area contributed by atoms with Crippen molar-refractivity contribution in [2.24, 2.45) is 0 Å². The number of hydrogen-bond donors (Lipinski definition) is 0. The third-order valence-corrected chi connectivity index (χ3v) is 3.47. The molecule has 0 unspecified atom stereocenters. The van der Waals surface area contributed by atoms with Gasteiger partial charge in [-0.2, -0.15) is 0 Å². The Kier molecular flexibility index (Phi) is 11.0. The second-order valence-corrected chi connectivity index (χ2v) is 5.20. The average molecular weight is 303 g/mol. The van der Waals surface area contributed by atoms with Crippen LogP contribution in [0.2, 0.25) is 0 Å². The first-order chi connectivity index (χ1) is 10.3. The Hall–Kier alpha value is -0.240. The molecule has 1 fully saturated rings. The summed E-state index contributed by atoms with van der Waals surface area (Å²) in [6.07, 6.45) is 0. The lowest BCUT2D eigenvalue weighted by Crippen LogP contribution is -2.56. The van der Waals surface area contributed by atoms with Crippen molar-refractivity contribution in [3.8, 4) is 0 Å². The van der Waals surface area contributed by atoms with E-state index < -0.39 is 0 Å². The lowest BCUT2D eigenvalue weighted by Gasteiger charge is -2.42. The molecule has 1 aliphatic rings. The molecule has 0 bridgehead atoms. The van der Waals surface area contributed by atoms with Gasteiger partial charge < -0.3 is 14.2 Å². The van der Waals surface area contributed by atoms with Gasteiger partial charge in [0.15, 0.2) is 0 Å². The monoisotopic (exact) mass is 303 g/mol. The Morgan fingerprint density at radius 2 is 0.857 bits per heavy atom. The van der Waals surface area contributed by atoms with Gasteiger partial charge in [-0.15, -0.1) is 0 Å². The molecule has 6 nitrogen and oxygen atoms in total. The molecule has 0 aromatic rings. The molecule has 1 rings (SSSR count). The zero-order chi connectivity index (χ0) is 15.3. The topological polar surface area (TPSA) is 37.4 Å². The standard InChI is InChI=1S/C15H33N3O3/c1-4-19-10-7-16-13-17(8-11-20-5-2)15-18(14-16)9-12-21-6-3/h4-15H2,1-3H3. The van der Waals surface area contributed by atoms with E-state index in [4.69, 9.17) is 14.2 Å². The summed E-state index contributed by atoms with van der Waals surface area (Å²) in [5, 5.41) is 0. The molecule has 1 heterocycles. The first-order valence-corrected chi connectivity index (χ1v) is 8.20. The van der Waals surface area contributed by atoms with E-state index in [0.717, 1.165) is 79.3 Å². The second kappa shape index (κ2) is 12.3. The van der Waals surface area contributed by atoms with E-state index in [1.807, 2.05) is 20.8 Å². The maximum absolute atomic E-state index is 5.48. The minimum atomic E-state index is 0.788. The number of nitrogens with zero attached hydrogens (tertiary/aromatic N) is 3. The maximum atomic E-state index is 5.48. The lowest BCUT2D eigenvalue weighted by atomic mass is 10.4. The van der Waals surface area contributed by atoms with Gasteiger partial charge in [0.25, 0.3) is 0 Å². The lowest BCUT2D eigenvalue weighted by molar-refractivity contribution is -0.0559. The van der Waals surface area contributed by atoms with Gasteiger partial charge in [0.2, 0.25) is 0 Å². The van der Waals surface area contributed by atoms with Crippen LogP contribution >= 0.6 is 0 Å². The molecule has 0 aromatic heterocycles. The average Bonchev–Trinajstić information content (AvgIpc) is 2.48. The molecule has 0 spiro atoms. The molecule has 21 heavy (non-hydrogen) atoms. The number of rotatable bonds is 12. The summed E-state index contributed by atoms with van der Waals surface area (Å²) < 4.78 is 16.4. The summed E-state index contributed by atoms with van der Waals surface area (Å²) in [7, 11) is 0. The van der Waals surface area contributed by atoms with E-state index in [1.165, 1.54) is 0 Å². The van der Waals surface area contributed by atoms with Crippen molar-refractivity contribution in [3.05, 3.63) is 0 Å². The fourth-order valence-corrected chi connectivity index (χ4v) is 2.42. The van der Waals surface area contributed by atoms with Crippen LogP contribution in [0.25, 0.3) is 0 Å². The molecule has 1 aliphatic heterocycles. The van der Waals surface area contributed by atoms with Gasteiger partial charge >= 0.3 is 0 Å². The van der Waals surface area contributed by atoms with Crippen LogP contribution in [0.4, 0.5) is 0 Å². The molecular formula is C15H33N3O3. The molecule has 0 radical (unpaired) electrons. The first-order valence-electron chi connectivity index (χ1n) is 8.20. The summed E-state index contributed by atoms with van der Waals surface area (Å²) >= 11 is 0. The van der Waals surface area contributed by atoms with Crippen LogP contribution < -0.4 is 0 Å². The molecule has 0 aromatic carbocycles. The van der Waals surface area contributed by atoms with Crippen molar-refractivity contribution in [2.45, 2.75) is 20.8 Å². The normalized spacial score (nSPS) is 18.4. The predicted molar refractivity (Wildman–Crippen MR) is 84.2 cm³/mol. The predicted octanol–water partition coefficient (Wildman–Crippen LogP) is 0.888. The molecule has 0 amide bonds. The van der Waals surface area contributed by atoms with Gasteiger partial charge in [-0.25, -0.2) is 0 Å². The number of hydrogen-bond acceptors (Lipinski definition) is 6. The van der Waals surface area contributed by atoms with Crippen LogP contribution in [-0.4, -0.2) is 94.0 Å². The van der Waals surface area contributed by atoms with Gasteiger partial charge in [0.05, 0.1) is 39.8 Å². The van der Waals surface area contributed by atoms with Crippen molar-refractivity contribution in [3.63, 3.8) is 0 Å². The Morgan fingerprint density at radius 1 is 0.571 bits per heavy atom. The van der Waals surface area contributed by atoms with E-state index >= 15 is 0 Å². The van der Waals surface area contributed by atoms with Gasteiger partial charge in [-0.1, -0.05) is 0 Å². The molecule has 0 aliphatic carbocycles. The number of ether oxygens (including phenoxy) is 3. The van der Waals surface area contributed by atoms with Gasteiger partial charge in [-0.3, -0.25) is 14.7 Å². The van der Waals surface area contributed by atoms with E-state index in [1.54, 1.807) is 0 Å². The summed E-state index contributed by atoms with van der Waals surface area (Å²) in [5.74, 6) is 0. The molecule has 0 atom stereocenters. The highest BCUT2D eigenvalue weighted by molar-refractivity contribution is 4.69. The fourth-order valence-electron chi connectivity index (χ4n) is 2.42. The largest absolute Gasteiger partial charge is 0.380 e. The zero-order valence-electron chi connectivity index (χ0n) is 14.1. The third kappa shape index (κ3) is 8.70. The van der Waals surface area contributed by atoms with Crippen molar-refractivity contribution in [1.82, 2.24) is 14.7 Å². The summed E-state index contributed by atoms with van der Waals surface area (Å²) in [4.78, 5) is 7.28. The molecule has 126 valence electrons. The van der Waals surface area contributed by atoms with Gasteiger partial charge in [-0.05, 0) is 20.8 Å². The van der Waals surface area contributed by atoms with E-state index in [9.17, 15) is 0 Å². The van der Waals surface area contributed by atoms with Crippen LogP contribution in [0, 0.1) is 0 Å². The molecular weight excluding hydrogens is 270 g/mol. The quantitative estimate of drug-likeness (QED) is 0.499. The highest BCUT2D eigenvalue weighted by atomic mass is 16.5. The van der Waals surface area contributed by atoms with Crippen LogP contribution in [0.3, 0.4) is 0 Å². The van der Waals surface area contributed by atoms with Crippen LogP contribution in [0.5, 0.6) is 0 Å². The van der Waals surface area contributed by atoms with Crippen LogP contribution in [-0.2, 0) is 14.2 Å². The van der Waals surface area contributed by atoms with Gasteiger partial charge in [0, 0.05) is 39.5 Å². The van der Waals surface area contributed by atoms with Crippen molar-refractivity contribution < 1.29 is 14.2 Å². The molecule has 1 saturated heterocycles. The minimum Gasteiger partial charge on any atom is -0.380 e. The highest BCUT2D eigenvalue weighted by Crippen LogP contribution is 2.07. The van der Waals surface area contributed by atoms with Crippen molar-refractivity contribution >= 4 is 0 Å². The Labute approximate surface area is 129 Å². The smallest absolute Gasteiger partial charge is 0.0594 e. The van der Waals surface area contributed by atoms with Crippen LogP contribution in [0.15, 0.2) is 0 Å². The van der Waals surface area contributed by atoms with E-state index in [-0.39, 0.29) is 0 Å². The fraction of sp³-hybridized carbons (Fsp3) is 1.00. The zero-order valence-corrected chi connectivity index (χ0v) is 14.1.